The average Bonchev–Trinajstić information content (AvgIpc) is 2.33. The molecule has 18 heavy (non-hydrogen) atoms. The zero-order chi connectivity index (χ0) is 13.3. The summed E-state index contributed by atoms with van der Waals surface area (Å²) in [6.07, 6.45) is 0. The number of carbonyl (C=O) groups is 1. The fraction of sp³-hybridized carbons (Fsp3) is 0.385. The molecule has 4 nitrogen and oxygen atoms in total. The first-order valence-corrected chi connectivity index (χ1v) is 6.65. The van der Waals surface area contributed by atoms with Crippen molar-refractivity contribution in [3.05, 3.63) is 18.2 Å². The van der Waals surface area contributed by atoms with Crippen LogP contribution >= 0.6 is 11.8 Å². The van der Waals surface area contributed by atoms with Crippen LogP contribution in [0.3, 0.4) is 0 Å². The Labute approximate surface area is 111 Å². The van der Waals surface area contributed by atoms with Crippen LogP contribution in [0.25, 0.3) is 0 Å². The zero-order valence-electron chi connectivity index (χ0n) is 10.4. The van der Waals surface area contributed by atoms with Gasteiger partial charge in [-0.15, -0.1) is 11.8 Å². The van der Waals surface area contributed by atoms with E-state index in [1.54, 1.807) is 11.0 Å². The maximum atomic E-state index is 12.0. The van der Waals surface area contributed by atoms with Gasteiger partial charge in [0.05, 0.1) is 22.9 Å². The molecule has 1 heterocycles. The maximum absolute atomic E-state index is 12.0. The number of rotatable bonds is 2. The number of benzene rings is 1. The van der Waals surface area contributed by atoms with Crippen LogP contribution in [0.15, 0.2) is 23.1 Å². The topological polar surface area (TPSA) is 70.1 Å². The number of amides is 1. The third kappa shape index (κ3) is 2.44. The number of carbonyl (C=O) groups excluding carboxylic acids is 1. The van der Waals surface area contributed by atoms with E-state index in [1.165, 1.54) is 11.8 Å². The van der Waals surface area contributed by atoms with E-state index in [0.29, 0.717) is 18.0 Å². The molecule has 0 saturated carbocycles. The molecule has 2 rings (SSSR count). The quantitative estimate of drug-likeness (QED) is 0.829. The van der Waals surface area contributed by atoms with Gasteiger partial charge < -0.3 is 10.6 Å². The van der Waals surface area contributed by atoms with Crippen LogP contribution in [0.5, 0.6) is 0 Å². The summed E-state index contributed by atoms with van der Waals surface area (Å²) in [4.78, 5) is 14.7. The molecule has 1 amide bonds. The first-order valence-electron chi connectivity index (χ1n) is 5.67. The molecule has 1 aliphatic rings. The van der Waals surface area contributed by atoms with Crippen molar-refractivity contribution in [2.45, 2.75) is 18.7 Å². The Morgan fingerprint density at radius 2 is 2.28 bits per heavy atom. The van der Waals surface area contributed by atoms with Gasteiger partial charge in [0.15, 0.2) is 0 Å². The van der Waals surface area contributed by atoms with Crippen molar-refractivity contribution < 1.29 is 4.79 Å². The maximum Gasteiger partial charge on any atom is 0.237 e. The Hall–Kier alpha value is -1.67. The number of thioether (sulfide) groups is 1. The molecule has 0 bridgehead atoms. The van der Waals surface area contributed by atoms with Gasteiger partial charge in [0.2, 0.25) is 5.91 Å². The summed E-state index contributed by atoms with van der Waals surface area (Å²) in [5.74, 6) is 0.444. The molecule has 0 aliphatic carbocycles. The molecule has 94 valence electrons. The molecule has 1 aliphatic heterocycles. The fourth-order valence-corrected chi connectivity index (χ4v) is 2.74. The predicted molar refractivity (Wildman–Crippen MR) is 73.3 cm³/mol. The SMILES string of the molecule is CC(C)(C#N)CN1C(=O)CSc2ccc(N)cc21. The zero-order valence-corrected chi connectivity index (χ0v) is 11.3. The minimum Gasteiger partial charge on any atom is -0.399 e. The van der Waals surface area contributed by atoms with E-state index in [9.17, 15) is 4.79 Å². The lowest BCUT2D eigenvalue weighted by Gasteiger charge is -2.32. The van der Waals surface area contributed by atoms with Gasteiger partial charge in [0, 0.05) is 17.1 Å². The van der Waals surface area contributed by atoms with Crippen LogP contribution in [-0.2, 0) is 4.79 Å². The number of nitrogens with two attached hydrogens (primary N) is 1. The Kier molecular flexibility index (Phi) is 3.22. The lowest BCUT2D eigenvalue weighted by molar-refractivity contribution is -0.116. The molecule has 0 unspecified atom stereocenters. The summed E-state index contributed by atoms with van der Waals surface area (Å²) < 4.78 is 0. The molecule has 0 fully saturated rings. The number of nitrogens with zero attached hydrogens (tertiary/aromatic N) is 2. The van der Waals surface area contributed by atoms with E-state index in [1.807, 2.05) is 26.0 Å². The van der Waals surface area contributed by atoms with Crippen LogP contribution in [0.2, 0.25) is 0 Å². The molecule has 1 aromatic carbocycles. The van der Waals surface area contributed by atoms with Gasteiger partial charge in [-0.2, -0.15) is 5.26 Å². The van der Waals surface area contributed by atoms with E-state index in [-0.39, 0.29) is 5.91 Å². The van der Waals surface area contributed by atoms with Crippen LogP contribution < -0.4 is 10.6 Å². The number of anilines is 2. The second kappa shape index (κ2) is 4.54. The van der Waals surface area contributed by atoms with Crippen molar-refractivity contribution in [3.63, 3.8) is 0 Å². The van der Waals surface area contributed by atoms with Crippen LogP contribution in [0.4, 0.5) is 11.4 Å². The standard InChI is InChI=1S/C13H15N3OS/c1-13(2,7-14)8-16-10-5-9(15)3-4-11(10)18-6-12(16)17/h3-5H,6,8,15H2,1-2H3. The highest BCUT2D eigenvalue weighted by Gasteiger charge is 2.30. The van der Waals surface area contributed by atoms with E-state index in [0.717, 1.165) is 10.6 Å². The summed E-state index contributed by atoms with van der Waals surface area (Å²) >= 11 is 1.51. The van der Waals surface area contributed by atoms with Gasteiger partial charge >= 0.3 is 0 Å². The van der Waals surface area contributed by atoms with Gasteiger partial charge in [-0.3, -0.25) is 4.79 Å². The van der Waals surface area contributed by atoms with Gasteiger partial charge in [-0.1, -0.05) is 0 Å². The average molecular weight is 261 g/mol. The van der Waals surface area contributed by atoms with Gasteiger partial charge in [-0.05, 0) is 32.0 Å². The molecular formula is C13H15N3OS. The van der Waals surface area contributed by atoms with Crippen molar-refractivity contribution in [1.82, 2.24) is 0 Å². The molecule has 0 radical (unpaired) electrons. The smallest absolute Gasteiger partial charge is 0.237 e. The lowest BCUT2D eigenvalue weighted by atomic mass is 9.94. The lowest BCUT2D eigenvalue weighted by Crippen LogP contribution is -2.41. The van der Waals surface area contributed by atoms with Crippen LogP contribution in [0.1, 0.15) is 13.8 Å². The monoisotopic (exact) mass is 261 g/mol. The van der Waals surface area contributed by atoms with E-state index in [4.69, 9.17) is 11.0 Å². The predicted octanol–water partition coefficient (Wildman–Crippen LogP) is 2.26. The van der Waals surface area contributed by atoms with Gasteiger partial charge in [-0.25, -0.2) is 0 Å². The van der Waals surface area contributed by atoms with Crippen LogP contribution in [0, 0.1) is 16.7 Å². The summed E-state index contributed by atoms with van der Waals surface area (Å²) in [7, 11) is 0. The number of fused-ring (bicyclic) bond motifs is 1. The van der Waals surface area contributed by atoms with E-state index < -0.39 is 5.41 Å². The van der Waals surface area contributed by atoms with Crippen molar-refractivity contribution in [2.75, 3.05) is 22.9 Å². The van der Waals surface area contributed by atoms with Crippen molar-refractivity contribution in [3.8, 4) is 6.07 Å². The number of hydrogen-bond donors (Lipinski definition) is 1. The second-order valence-electron chi connectivity index (χ2n) is 4.99. The third-order valence-corrected chi connectivity index (χ3v) is 3.83. The molecule has 0 saturated heterocycles. The molecule has 5 heteroatoms. The highest BCUT2D eigenvalue weighted by Crippen LogP contribution is 2.37. The normalized spacial score (nSPS) is 15.2. The molecule has 0 spiro atoms. The Balaban J connectivity index is 2.39. The molecule has 0 aromatic heterocycles. The van der Waals surface area contributed by atoms with Crippen molar-refractivity contribution in [1.29, 1.82) is 5.26 Å². The van der Waals surface area contributed by atoms with Gasteiger partial charge in [0.1, 0.15) is 0 Å². The minimum atomic E-state index is -0.570. The van der Waals surface area contributed by atoms with Gasteiger partial charge in [0.25, 0.3) is 0 Å². The molecular weight excluding hydrogens is 246 g/mol. The number of nitrogen functional groups attached to an aromatic ring is 1. The second-order valence-corrected chi connectivity index (χ2v) is 6.01. The Morgan fingerprint density at radius 3 is 2.94 bits per heavy atom. The summed E-state index contributed by atoms with van der Waals surface area (Å²) in [6.45, 7) is 4.04. The number of nitriles is 1. The molecule has 0 atom stereocenters. The van der Waals surface area contributed by atoms with Crippen molar-refractivity contribution >= 4 is 29.0 Å². The number of hydrogen-bond acceptors (Lipinski definition) is 4. The fourth-order valence-electron chi connectivity index (χ4n) is 1.82. The first-order chi connectivity index (χ1) is 8.43. The minimum absolute atomic E-state index is 0.0291. The van der Waals surface area contributed by atoms with Crippen molar-refractivity contribution in [2.24, 2.45) is 5.41 Å². The van der Waals surface area contributed by atoms with E-state index >= 15 is 0 Å². The highest BCUT2D eigenvalue weighted by atomic mass is 32.2. The Morgan fingerprint density at radius 1 is 1.56 bits per heavy atom. The van der Waals surface area contributed by atoms with Crippen LogP contribution in [-0.4, -0.2) is 18.2 Å². The van der Waals surface area contributed by atoms with E-state index in [2.05, 4.69) is 6.07 Å². The highest BCUT2D eigenvalue weighted by molar-refractivity contribution is 8.00. The Bertz CT molecular complexity index is 534. The summed E-state index contributed by atoms with van der Waals surface area (Å²) in [6, 6.07) is 7.77. The summed E-state index contributed by atoms with van der Waals surface area (Å²) in [5, 5.41) is 9.10. The first kappa shape index (κ1) is 12.8. The summed E-state index contributed by atoms with van der Waals surface area (Å²) in [5.41, 5.74) is 6.65. The third-order valence-electron chi connectivity index (χ3n) is 2.78. The molecule has 1 aromatic rings. The molecule has 2 N–H and O–H groups in total. The largest absolute Gasteiger partial charge is 0.399 e.